The van der Waals surface area contributed by atoms with Crippen LogP contribution < -0.4 is 5.32 Å². The van der Waals surface area contributed by atoms with Gasteiger partial charge in [0.15, 0.2) is 0 Å². The molecule has 0 saturated heterocycles. The molecule has 1 fully saturated rings. The van der Waals surface area contributed by atoms with E-state index in [9.17, 15) is 4.79 Å². The summed E-state index contributed by atoms with van der Waals surface area (Å²) in [6.07, 6.45) is 6.64. The Hall–Kier alpha value is -2.62. The highest BCUT2D eigenvalue weighted by atomic mass is 16.2. The van der Waals surface area contributed by atoms with Crippen molar-refractivity contribution in [2.24, 2.45) is 0 Å². The topological polar surface area (TPSA) is 46.4 Å². The lowest BCUT2D eigenvalue weighted by molar-refractivity contribution is -0.123. The van der Waals surface area contributed by atoms with Crippen LogP contribution in [0.15, 0.2) is 60.9 Å². The zero-order chi connectivity index (χ0) is 15.7. The Morgan fingerprint density at radius 2 is 1.91 bits per heavy atom. The van der Waals surface area contributed by atoms with Gasteiger partial charge in [0.25, 0.3) is 0 Å². The van der Waals surface area contributed by atoms with Crippen LogP contribution >= 0.6 is 0 Å². The fourth-order valence-corrected chi connectivity index (χ4v) is 3.11. The molecular weight excluding hydrogens is 286 g/mol. The minimum absolute atomic E-state index is 0.146. The number of amides is 1. The number of rotatable bonds is 5. The number of imidazole rings is 1. The molecule has 0 unspecified atom stereocenters. The van der Waals surface area contributed by atoms with E-state index in [-0.39, 0.29) is 11.3 Å². The molecule has 0 radical (unpaired) electrons. The predicted octanol–water partition coefficient (Wildman–Crippen LogP) is 2.72. The predicted molar refractivity (Wildman–Crippen MR) is 89.3 cm³/mol. The second-order valence-corrected chi connectivity index (χ2v) is 6.15. The third-order valence-corrected chi connectivity index (χ3v) is 4.59. The van der Waals surface area contributed by atoms with E-state index in [2.05, 4.69) is 22.4 Å². The quantitative estimate of drug-likeness (QED) is 0.788. The van der Waals surface area contributed by atoms with Crippen LogP contribution in [-0.4, -0.2) is 21.8 Å². The Kier molecular flexibility index (Phi) is 3.37. The van der Waals surface area contributed by atoms with Crippen molar-refractivity contribution in [3.8, 4) is 0 Å². The SMILES string of the molecule is O=C(NCCc1cn2ccccc2n1)C1(c2ccccc2)CC1. The molecule has 0 spiro atoms. The highest BCUT2D eigenvalue weighted by Gasteiger charge is 2.50. The van der Waals surface area contributed by atoms with E-state index >= 15 is 0 Å². The van der Waals surface area contributed by atoms with E-state index in [1.165, 1.54) is 0 Å². The molecular formula is C19H19N3O. The van der Waals surface area contributed by atoms with Crippen molar-refractivity contribution in [1.29, 1.82) is 0 Å². The summed E-state index contributed by atoms with van der Waals surface area (Å²) >= 11 is 0. The number of nitrogens with one attached hydrogen (secondary N) is 1. The van der Waals surface area contributed by atoms with Gasteiger partial charge in [0.1, 0.15) is 5.65 Å². The first-order valence-electron chi connectivity index (χ1n) is 8.04. The van der Waals surface area contributed by atoms with Gasteiger partial charge in [-0.15, -0.1) is 0 Å². The molecule has 0 aliphatic heterocycles. The lowest BCUT2D eigenvalue weighted by atomic mass is 9.95. The minimum Gasteiger partial charge on any atom is -0.355 e. The molecule has 4 rings (SSSR count). The average Bonchev–Trinajstić information content (AvgIpc) is 3.30. The molecule has 3 aromatic rings. The van der Waals surface area contributed by atoms with Crippen LogP contribution in [-0.2, 0) is 16.6 Å². The number of nitrogens with zero attached hydrogens (tertiary/aromatic N) is 2. The Labute approximate surface area is 135 Å². The molecule has 0 atom stereocenters. The number of hydrogen-bond acceptors (Lipinski definition) is 2. The molecule has 1 aliphatic carbocycles. The smallest absolute Gasteiger partial charge is 0.230 e. The van der Waals surface area contributed by atoms with Gasteiger partial charge in [-0.05, 0) is 30.5 Å². The number of benzene rings is 1. The van der Waals surface area contributed by atoms with E-state index in [1.54, 1.807) is 0 Å². The first kappa shape index (κ1) is 14.0. The summed E-state index contributed by atoms with van der Waals surface area (Å²) in [6, 6.07) is 16.0. The van der Waals surface area contributed by atoms with Crippen molar-refractivity contribution in [2.75, 3.05) is 6.54 Å². The molecule has 23 heavy (non-hydrogen) atoms. The normalized spacial score (nSPS) is 15.5. The first-order chi connectivity index (χ1) is 11.3. The Balaban J connectivity index is 1.39. The molecule has 1 amide bonds. The number of carbonyl (C=O) groups excluding carboxylic acids is 1. The van der Waals surface area contributed by atoms with E-state index in [0.717, 1.165) is 36.2 Å². The first-order valence-corrected chi connectivity index (χ1v) is 8.04. The average molecular weight is 305 g/mol. The maximum absolute atomic E-state index is 12.6. The third kappa shape index (κ3) is 2.61. The van der Waals surface area contributed by atoms with Crippen LogP contribution in [0.2, 0.25) is 0 Å². The Morgan fingerprint density at radius 3 is 2.65 bits per heavy atom. The lowest BCUT2D eigenvalue weighted by Crippen LogP contribution is -2.35. The minimum atomic E-state index is -0.291. The second-order valence-electron chi connectivity index (χ2n) is 6.15. The summed E-state index contributed by atoms with van der Waals surface area (Å²) in [4.78, 5) is 17.1. The van der Waals surface area contributed by atoms with Crippen molar-refractivity contribution in [3.05, 3.63) is 72.2 Å². The van der Waals surface area contributed by atoms with Crippen LogP contribution in [0, 0.1) is 0 Å². The summed E-state index contributed by atoms with van der Waals surface area (Å²) in [6.45, 7) is 0.622. The molecule has 1 aliphatic rings. The number of fused-ring (bicyclic) bond motifs is 1. The number of carbonyl (C=O) groups is 1. The van der Waals surface area contributed by atoms with Crippen LogP contribution in [0.3, 0.4) is 0 Å². The number of hydrogen-bond donors (Lipinski definition) is 1. The van der Waals surface area contributed by atoms with Gasteiger partial charge in [-0.25, -0.2) is 4.98 Å². The zero-order valence-corrected chi connectivity index (χ0v) is 12.9. The van der Waals surface area contributed by atoms with Crippen molar-refractivity contribution in [2.45, 2.75) is 24.7 Å². The van der Waals surface area contributed by atoms with Gasteiger partial charge < -0.3 is 9.72 Å². The maximum Gasteiger partial charge on any atom is 0.230 e. The van der Waals surface area contributed by atoms with Crippen LogP contribution in [0.4, 0.5) is 0 Å². The van der Waals surface area contributed by atoms with Gasteiger partial charge >= 0.3 is 0 Å². The highest BCUT2D eigenvalue weighted by Crippen LogP contribution is 2.48. The van der Waals surface area contributed by atoms with Gasteiger partial charge in [0, 0.05) is 25.4 Å². The summed E-state index contributed by atoms with van der Waals surface area (Å²) in [7, 11) is 0. The molecule has 1 saturated carbocycles. The highest BCUT2D eigenvalue weighted by molar-refractivity contribution is 5.91. The maximum atomic E-state index is 12.6. The number of aromatic nitrogens is 2. The summed E-state index contributed by atoms with van der Waals surface area (Å²) in [5.41, 5.74) is 2.78. The van der Waals surface area contributed by atoms with Crippen molar-refractivity contribution >= 4 is 11.6 Å². The van der Waals surface area contributed by atoms with Gasteiger partial charge in [-0.3, -0.25) is 4.79 Å². The van der Waals surface area contributed by atoms with E-state index in [4.69, 9.17) is 0 Å². The molecule has 1 aromatic carbocycles. The van der Waals surface area contributed by atoms with Crippen molar-refractivity contribution in [3.63, 3.8) is 0 Å². The molecule has 4 nitrogen and oxygen atoms in total. The Morgan fingerprint density at radius 1 is 1.13 bits per heavy atom. The van der Waals surface area contributed by atoms with Crippen LogP contribution in [0.1, 0.15) is 24.1 Å². The molecule has 116 valence electrons. The van der Waals surface area contributed by atoms with Crippen molar-refractivity contribution in [1.82, 2.24) is 14.7 Å². The molecule has 0 bridgehead atoms. The van der Waals surface area contributed by atoms with Crippen LogP contribution in [0.25, 0.3) is 5.65 Å². The van der Waals surface area contributed by atoms with E-state index in [0.29, 0.717) is 6.54 Å². The van der Waals surface area contributed by atoms with Gasteiger partial charge in [-0.2, -0.15) is 0 Å². The monoisotopic (exact) mass is 305 g/mol. The summed E-state index contributed by atoms with van der Waals surface area (Å²) in [5, 5.41) is 3.09. The van der Waals surface area contributed by atoms with Gasteiger partial charge in [0.2, 0.25) is 5.91 Å². The van der Waals surface area contributed by atoms with E-state index < -0.39 is 0 Å². The molecule has 2 heterocycles. The van der Waals surface area contributed by atoms with Crippen LogP contribution in [0.5, 0.6) is 0 Å². The van der Waals surface area contributed by atoms with Gasteiger partial charge in [-0.1, -0.05) is 36.4 Å². The lowest BCUT2D eigenvalue weighted by Gasteiger charge is -2.15. The fraction of sp³-hybridized carbons (Fsp3) is 0.263. The molecule has 4 heteroatoms. The third-order valence-electron chi connectivity index (χ3n) is 4.59. The number of pyridine rings is 1. The molecule has 2 aromatic heterocycles. The summed E-state index contributed by atoms with van der Waals surface area (Å²) in [5.74, 6) is 0.146. The van der Waals surface area contributed by atoms with Gasteiger partial charge in [0.05, 0.1) is 11.1 Å². The van der Waals surface area contributed by atoms with E-state index in [1.807, 2.05) is 53.2 Å². The zero-order valence-electron chi connectivity index (χ0n) is 12.9. The summed E-state index contributed by atoms with van der Waals surface area (Å²) < 4.78 is 2.00. The largest absolute Gasteiger partial charge is 0.355 e. The fourth-order valence-electron chi connectivity index (χ4n) is 3.11. The van der Waals surface area contributed by atoms with Crippen molar-refractivity contribution < 1.29 is 4.79 Å². The molecule has 1 N–H and O–H groups in total. The standard InChI is InChI=1S/C19H19N3O/c23-18(19(10-11-19)15-6-2-1-3-7-15)20-12-9-16-14-22-13-5-4-8-17(22)21-16/h1-8,13-14H,9-12H2,(H,20,23). The Bertz CT molecular complexity index is 801. The second kappa shape index (κ2) is 5.54.